The second-order valence-electron chi connectivity index (χ2n) is 6.02. The van der Waals surface area contributed by atoms with Crippen LogP contribution in [0.15, 0.2) is 0 Å². The lowest BCUT2D eigenvalue weighted by Crippen LogP contribution is -2.42. The quantitative estimate of drug-likeness (QED) is 0.782. The maximum absolute atomic E-state index is 12.2. The first kappa shape index (κ1) is 16.9. The van der Waals surface area contributed by atoms with Crippen LogP contribution in [0.25, 0.3) is 0 Å². The lowest BCUT2D eigenvalue weighted by molar-refractivity contribution is 0.233. The number of hydrogen-bond acceptors (Lipinski definition) is 3. The number of nitrogens with one attached hydrogen (secondary N) is 1. The molecule has 1 aliphatic carbocycles. The minimum absolute atomic E-state index is 0.204. The van der Waals surface area contributed by atoms with E-state index >= 15 is 0 Å². The van der Waals surface area contributed by atoms with E-state index in [1.165, 1.54) is 19.3 Å². The molecule has 0 bridgehead atoms. The van der Waals surface area contributed by atoms with Crippen LogP contribution < -0.4 is 5.32 Å². The summed E-state index contributed by atoms with van der Waals surface area (Å²) in [6, 6.07) is 0.548. The van der Waals surface area contributed by atoms with Gasteiger partial charge in [-0.25, -0.2) is 12.7 Å². The molecule has 1 aliphatic rings. The van der Waals surface area contributed by atoms with Crippen LogP contribution in [-0.4, -0.2) is 44.2 Å². The third-order valence-electron chi connectivity index (χ3n) is 4.26. The standard InChI is InChI=1S/C14H30N2O2S/c1-5-13-6-8-14(9-7-13)16(4)19(17,18)11-10-15-12(2)3/h12-15H,5-11H2,1-4H3. The molecule has 0 aliphatic heterocycles. The van der Waals surface area contributed by atoms with Crippen LogP contribution in [0.1, 0.15) is 52.9 Å². The summed E-state index contributed by atoms with van der Waals surface area (Å²) in [4.78, 5) is 0. The smallest absolute Gasteiger partial charge is 0.215 e. The van der Waals surface area contributed by atoms with Crippen molar-refractivity contribution in [2.75, 3.05) is 19.3 Å². The molecule has 4 nitrogen and oxygen atoms in total. The van der Waals surface area contributed by atoms with E-state index in [1.807, 2.05) is 13.8 Å². The molecule has 1 fully saturated rings. The molecule has 0 unspecified atom stereocenters. The Morgan fingerprint density at radius 3 is 2.26 bits per heavy atom. The van der Waals surface area contributed by atoms with E-state index in [9.17, 15) is 8.42 Å². The van der Waals surface area contributed by atoms with Gasteiger partial charge in [-0.15, -0.1) is 0 Å². The molecule has 1 saturated carbocycles. The molecule has 5 heteroatoms. The molecular formula is C14H30N2O2S. The summed E-state index contributed by atoms with van der Waals surface area (Å²) in [5.74, 6) is 1.00. The van der Waals surface area contributed by atoms with Gasteiger partial charge < -0.3 is 5.32 Å². The van der Waals surface area contributed by atoms with Gasteiger partial charge in [0.1, 0.15) is 0 Å². The van der Waals surface area contributed by atoms with E-state index < -0.39 is 10.0 Å². The summed E-state index contributed by atoms with van der Waals surface area (Å²) in [5.41, 5.74) is 0. The molecule has 0 heterocycles. The van der Waals surface area contributed by atoms with Crippen LogP contribution in [0, 0.1) is 5.92 Å². The van der Waals surface area contributed by atoms with Gasteiger partial charge in [-0.3, -0.25) is 0 Å². The topological polar surface area (TPSA) is 49.4 Å². The minimum atomic E-state index is -3.11. The molecule has 0 atom stereocenters. The average molecular weight is 290 g/mol. The van der Waals surface area contributed by atoms with Gasteiger partial charge in [-0.2, -0.15) is 0 Å². The Labute approximate surface area is 119 Å². The Bertz CT molecular complexity index is 346. The molecule has 0 amide bonds. The van der Waals surface area contributed by atoms with Crippen molar-refractivity contribution in [1.82, 2.24) is 9.62 Å². The van der Waals surface area contributed by atoms with E-state index in [0.29, 0.717) is 12.6 Å². The molecule has 19 heavy (non-hydrogen) atoms. The van der Waals surface area contributed by atoms with Crippen molar-refractivity contribution in [2.45, 2.75) is 65.0 Å². The molecule has 0 saturated heterocycles. The number of rotatable bonds is 7. The summed E-state index contributed by atoms with van der Waals surface area (Å²) in [6.45, 7) is 6.82. The lowest BCUT2D eigenvalue weighted by atomic mass is 9.85. The molecule has 0 aromatic heterocycles. The highest BCUT2D eigenvalue weighted by Crippen LogP contribution is 2.29. The Morgan fingerprint density at radius 2 is 1.79 bits per heavy atom. The van der Waals surface area contributed by atoms with Gasteiger partial charge in [0, 0.05) is 25.7 Å². The maximum Gasteiger partial charge on any atom is 0.215 e. The normalized spacial score (nSPS) is 25.2. The van der Waals surface area contributed by atoms with E-state index in [2.05, 4.69) is 12.2 Å². The van der Waals surface area contributed by atoms with E-state index in [0.717, 1.165) is 18.8 Å². The van der Waals surface area contributed by atoms with Crippen LogP contribution in [0.2, 0.25) is 0 Å². The van der Waals surface area contributed by atoms with Crippen molar-refractivity contribution in [3.8, 4) is 0 Å². The lowest BCUT2D eigenvalue weighted by Gasteiger charge is -2.33. The van der Waals surface area contributed by atoms with E-state index in [-0.39, 0.29) is 11.8 Å². The van der Waals surface area contributed by atoms with Crippen LogP contribution in [0.3, 0.4) is 0 Å². The monoisotopic (exact) mass is 290 g/mol. The van der Waals surface area contributed by atoms with Crippen molar-refractivity contribution >= 4 is 10.0 Å². The summed E-state index contributed by atoms with van der Waals surface area (Å²) in [5, 5.41) is 3.17. The van der Waals surface area contributed by atoms with E-state index in [1.54, 1.807) is 11.4 Å². The van der Waals surface area contributed by atoms with Gasteiger partial charge in [0.2, 0.25) is 10.0 Å². The highest BCUT2D eigenvalue weighted by atomic mass is 32.2. The van der Waals surface area contributed by atoms with Gasteiger partial charge in [0.15, 0.2) is 0 Å². The fourth-order valence-corrected chi connectivity index (χ4v) is 4.09. The average Bonchev–Trinajstić information content (AvgIpc) is 2.37. The molecule has 0 aromatic carbocycles. The molecule has 0 spiro atoms. The highest BCUT2D eigenvalue weighted by Gasteiger charge is 2.29. The highest BCUT2D eigenvalue weighted by molar-refractivity contribution is 7.89. The number of nitrogens with zero attached hydrogens (tertiary/aromatic N) is 1. The van der Waals surface area contributed by atoms with Gasteiger partial charge in [0.05, 0.1) is 5.75 Å². The molecule has 114 valence electrons. The predicted octanol–water partition coefficient (Wildman–Crippen LogP) is 2.21. The minimum Gasteiger partial charge on any atom is -0.313 e. The van der Waals surface area contributed by atoms with Gasteiger partial charge in [0.25, 0.3) is 0 Å². The van der Waals surface area contributed by atoms with Crippen LogP contribution in [0.5, 0.6) is 0 Å². The molecule has 1 N–H and O–H groups in total. The first-order chi connectivity index (χ1) is 8.86. The zero-order chi connectivity index (χ0) is 14.5. The molecule has 1 rings (SSSR count). The zero-order valence-corrected chi connectivity index (χ0v) is 13.7. The maximum atomic E-state index is 12.2. The third kappa shape index (κ3) is 5.40. The number of sulfonamides is 1. The van der Waals surface area contributed by atoms with E-state index in [4.69, 9.17) is 0 Å². The van der Waals surface area contributed by atoms with Crippen LogP contribution in [0.4, 0.5) is 0 Å². The SMILES string of the molecule is CCC1CCC(N(C)S(=O)(=O)CCNC(C)C)CC1. The van der Waals surface area contributed by atoms with Gasteiger partial charge in [-0.1, -0.05) is 27.2 Å². The van der Waals surface area contributed by atoms with Crippen LogP contribution in [-0.2, 0) is 10.0 Å². The Balaban J connectivity index is 2.45. The molecular weight excluding hydrogens is 260 g/mol. The second kappa shape index (κ2) is 7.60. The Morgan fingerprint density at radius 1 is 1.21 bits per heavy atom. The third-order valence-corrected chi connectivity index (χ3v) is 6.15. The van der Waals surface area contributed by atoms with Gasteiger partial charge in [-0.05, 0) is 31.6 Å². The Hall–Kier alpha value is -0.130. The van der Waals surface area contributed by atoms with Gasteiger partial charge >= 0.3 is 0 Å². The predicted molar refractivity (Wildman–Crippen MR) is 80.7 cm³/mol. The number of hydrogen-bond donors (Lipinski definition) is 1. The first-order valence-corrected chi connectivity index (χ1v) is 9.16. The summed E-state index contributed by atoms with van der Waals surface area (Å²) >= 11 is 0. The molecule has 0 aromatic rings. The zero-order valence-electron chi connectivity index (χ0n) is 12.9. The summed E-state index contributed by atoms with van der Waals surface area (Å²) in [6.07, 6.45) is 5.61. The van der Waals surface area contributed by atoms with Crippen molar-refractivity contribution in [1.29, 1.82) is 0 Å². The second-order valence-corrected chi connectivity index (χ2v) is 8.17. The summed E-state index contributed by atoms with van der Waals surface area (Å²) < 4.78 is 26.1. The van der Waals surface area contributed by atoms with Crippen molar-refractivity contribution in [3.63, 3.8) is 0 Å². The molecule has 0 radical (unpaired) electrons. The Kier molecular flexibility index (Phi) is 6.77. The summed E-state index contributed by atoms with van der Waals surface area (Å²) in [7, 11) is -1.36. The van der Waals surface area contributed by atoms with Crippen LogP contribution >= 0.6 is 0 Å². The van der Waals surface area contributed by atoms with Crippen molar-refractivity contribution in [2.24, 2.45) is 5.92 Å². The van der Waals surface area contributed by atoms with Crippen molar-refractivity contribution < 1.29 is 8.42 Å². The fourth-order valence-electron chi connectivity index (χ4n) is 2.76. The first-order valence-electron chi connectivity index (χ1n) is 7.56. The fraction of sp³-hybridized carbons (Fsp3) is 1.00. The van der Waals surface area contributed by atoms with Crippen molar-refractivity contribution in [3.05, 3.63) is 0 Å². The largest absolute Gasteiger partial charge is 0.313 e.